The molecule has 2 heterocycles. The Morgan fingerprint density at radius 3 is 2.94 bits per heavy atom. The second-order valence-corrected chi connectivity index (χ2v) is 3.14. The summed E-state index contributed by atoms with van der Waals surface area (Å²) in [4.78, 5) is 19.1. The SMILES string of the molecule is O=C(N1CCNc2ncncc21)C(F)(F)F. The summed E-state index contributed by atoms with van der Waals surface area (Å²) in [5.74, 6) is -1.66. The maximum Gasteiger partial charge on any atom is 0.471 e. The number of hydrogen-bond acceptors (Lipinski definition) is 4. The van der Waals surface area contributed by atoms with Gasteiger partial charge in [-0.05, 0) is 0 Å². The van der Waals surface area contributed by atoms with Crippen LogP contribution in [0.15, 0.2) is 12.5 Å². The molecule has 1 aromatic rings. The normalized spacial score (nSPS) is 15.3. The Bertz CT molecular complexity index is 420. The Morgan fingerprint density at radius 2 is 2.25 bits per heavy atom. The predicted molar refractivity (Wildman–Crippen MR) is 48.9 cm³/mol. The number of carbonyl (C=O) groups is 1. The highest BCUT2D eigenvalue weighted by Crippen LogP contribution is 2.29. The minimum atomic E-state index is -4.88. The molecule has 0 saturated heterocycles. The molecule has 0 fully saturated rings. The van der Waals surface area contributed by atoms with E-state index in [1.54, 1.807) is 0 Å². The van der Waals surface area contributed by atoms with Gasteiger partial charge in [0.1, 0.15) is 12.0 Å². The minimum Gasteiger partial charge on any atom is -0.366 e. The molecule has 1 aliphatic heterocycles. The van der Waals surface area contributed by atoms with Crippen LogP contribution in [-0.2, 0) is 4.79 Å². The van der Waals surface area contributed by atoms with Gasteiger partial charge in [-0.25, -0.2) is 9.97 Å². The summed E-state index contributed by atoms with van der Waals surface area (Å²) in [5.41, 5.74) is 0.0519. The average molecular weight is 232 g/mol. The molecule has 1 N–H and O–H groups in total. The van der Waals surface area contributed by atoms with Crippen LogP contribution in [-0.4, -0.2) is 35.1 Å². The number of nitrogens with one attached hydrogen (secondary N) is 1. The lowest BCUT2D eigenvalue weighted by Gasteiger charge is -2.29. The van der Waals surface area contributed by atoms with E-state index in [4.69, 9.17) is 0 Å². The number of rotatable bonds is 0. The molecule has 0 bridgehead atoms. The highest BCUT2D eigenvalue weighted by Gasteiger charge is 2.44. The molecule has 1 amide bonds. The maximum atomic E-state index is 12.3. The van der Waals surface area contributed by atoms with Gasteiger partial charge in [0.05, 0.1) is 6.20 Å². The van der Waals surface area contributed by atoms with Gasteiger partial charge in [0.15, 0.2) is 5.82 Å². The zero-order chi connectivity index (χ0) is 11.8. The smallest absolute Gasteiger partial charge is 0.366 e. The summed E-state index contributed by atoms with van der Waals surface area (Å²) in [6, 6.07) is 0. The van der Waals surface area contributed by atoms with Crippen LogP contribution in [0.25, 0.3) is 0 Å². The van der Waals surface area contributed by atoms with Gasteiger partial charge in [-0.2, -0.15) is 13.2 Å². The third-order valence-corrected chi connectivity index (χ3v) is 2.10. The van der Waals surface area contributed by atoms with Crippen LogP contribution < -0.4 is 10.2 Å². The first-order chi connectivity index (χ1) is 7.50. The standard InChI is InChI=1S/C8H7F3N4O/c9-8(10,11)7(16)15-2-1-13-6-5(15)3-12-4-14-6/h3-4H,1-2H2,(H,12,13,14). The van der Waals surface area contributed by atoms with Crippen molar-refractivity contribution < 1.29 is 18.0 Å². The molecule has 0 unspecified atom stereocenters. The lowest BCUT2D eigenvalue weighted by atomic mass is 10.3. The number of amides is 1. The Balaban J connectivity index is 2.36. The molecular formula is C8H7F3N4O. The number of anilines is 2. The molecule has 1 aromatic heterocycles. The van der Waals surface area contributed by atoms with Crippen molar-refractivity contribution in [2.45, 2.75) is 6.18 Å². The quantitative estimate of drug-likeness (QED) is 0.718. The lowest BCUT2D eigenvalue weighted by Crippen LogP contribution is -2.46. The molecule has 8 heteroatoms. The summed E-state index contributed by atoms with van der Waals surface area (Å²) >= 11 is 0. The van der Waals surface area contributed by atoms with Crippen LogP contribution in [0, 0.1) is 0 Å². The number of carbonyl (C=O) groups excluding carboxylic acids is 1. The van der Waals surface area contributed by atoms with Gasteiger partial charge in [-0.3, -0.25) is 9.69 Å². The van der Waals surface area contributed by atoms with Crippen LogP contribution in [0.4, 0.5) is 24.7 Å². The van der Waals surface area contributed by atoms with Crippen molar-refractivity contribution in [3.05, 3.63) is 12.5 Å². The van der Waals surface area contributed by atoms with Gasteiger partial charge < -0.3 is 5.32 Å². The van der Waals surface area contributed by atoms with Gasteiger partial charge in [0.25, 0.3) is 0 Å². The first kappa shape index (κ1) is 10.7. The molecule has 2 rings (SSSR count). The highest BCUT2D eigenvalue weighted by molar-refractivity contribution is 6.00. The fraction of sp³-hybridized carbons (Fsp3) is 0.375. The second kappa shape index (κ2) is 3.62. The summed E-state index contributed by atoms with van der Waals surface area (Å²) in [7, 11) is 0. The van der Waals surface area contributed by atoms with Crippen molar-refractivity contribution in [1.29, 1.82) is 0 Å². The monoisotopic (exact) mass is 232 g/mol. The molecule has 0 atom stereocenters. The van der Waals surface area contributed by atoms with E-state index in [2.05, 4.69) is 15.3 Å². The molecule has 16 heavy (non-hydrogen) atoms. The summed E-state index contributed by atoms with van der Waals surface area (Å²) < 4.78 is 36.8. The molecular weight excluding hydrogens is 225 g/mol. The Labute approximate surface area is 88.3 Å². The minimum absolute atomic E-state index is 0.0519. The Morgan fingerprint density at radius 1 is 1.50 bits per heavy atom. The van der Waals surface area contributed by atoms with Crippen molar-refractivity contribution >= 4 is 17.4 Å². The number of fused-ring (bicyclic) bond motifs is 1. The van der Waals surface area contributed by atoms with E-state index in [0.717, 1.165) is 0 Å². The number of aromatic nitrogens is 2. The number of hydrogen-bond donors (Lipinski definition) is 1. The topological polar surface area (TPSA) is 58.1 Å². The molecule has 1 aliphatic rings. The molecule has 0 aliphatic carbocycles. The van der Waals surface area contributed by atoms with E-state index in [1.165, 1.54) is 12.5 Å². The first-order valence-corrected chi connectivity index (χ1v) is 4.42. The second-order valence-electron chi connectivity index (χ2n) is 3.14. The van der Waals surface area contributed by atoms with Gasteiger partial charge in [0.2, 0.25) is 0 Å². The molecule has 86 valence electrons. The van der Waals surface area contributed by atoms with E-state index in [0.29, 0.717) is 4.90 Å². The largest absolute Gasteiger partial charge is 0.471 e. The van der Waals surface area contributed by atoms with E-state index >= 15 is 0 Å². The van der Waals surface area contributed by atoms with Gasteiger partial charge in [-0.1, -0.05) is 0 Å². The average Bonchev–Trinajstić information content (AvgIpc) is 2.26. The van der Waals surface area contributed by atoms with Crippen LogP contribution in [0.1, 0.15) is 0 Å². The highest BCUT2D eigenvalue weighted by atomic mass is 19.4. The summed E-state index contributed by atoms with van der Waals surface area (Å²) in [6.07, 6.45) is -2.50. The molecule has 0 saturated carbocycles. The number of nitrogens with zero attached hydrogens (tertiary/aromatic N) is 3. The van der Waals surface area contributed by atoms with Crippen molar-refractivity contribution in [2.24, 2.45) is 0 Å². The van der Waals surface area contributed by atoms with Crippen molar-refractivity contribution in [1.82, 2.24) is 9.97 Å². The maximum absolute atomic E-state index is 12.3. The third kappa shape index (κ3) is 1.77. The van der Waals surface area contributed by atoms with Crippen LogP contribution in [0.3, 0.4) is 0 Å². The first-order valence-electron chi connectivity index (χ1n) is 4.42. The van der Waals surface area contributed by atoms with E-state index < -0.39 is 12.1 Å². The van der Waals surface area contributed by atoms with Crippen molar-refractivity contribution in [3.63, 3.8) is 0 Å². The molecule has 5 nitrogen and oxygen atoms in total. The zero-order valence-corrected chi connectivity index (χ0v) is 7.95. The Hall–Kier alpha value is -1.86. The third-order valence-electron chi connectivity index (χ3n) is 2.10. The Kier molecular flexibility index (Phi) is 2.41. The fourth-order valence-corrected chi connectivity index (χ4v) is 1.43. The van der Waals surface area contributed by atoms with Crippen LogP contribution in [0.2, 0.25) is 0 Å². The van der Waals surface area contributed by atoms with Crippen molar-refractivity contribution in [3.8, 4) is 0 Å². The molecule has 0 spiro atoms. The number of halogens is 3. The van der Waals surface area contributed by atoms with Gasteiger partial charge in [0, 0.05) is 13.1 Å². The van der Waals surface area contributed by atoms with Crippen molar-refractivity contribution in [2.75, 3.05) is 23.3 Å². The van der Waals surface area contributed by atoms with E-state index in [1.807, 2.05) is 0 Å². The van der Waals surface area contributed by atoms with Gasteiger partial charge in [-0.15, -0.1) is 0 Å². The zero-order valence-electron chi connectivity index (χ0n) is 7.95. The van der Waals surface area contributed by atoms with Crippen LogP contribution >= 0.6 is 0 Å². The van der Waals surface area contributed by atoms with Crippen LogP contribution in [0.5, 0.6) is 0 Å². The lowest BCUT2D eigenvalue weighted by molar-refractivity contribution is -0.170. The molecule has 0 radical (unpaired) electrons. The van der Waals surface area contributed by atoms with E-state index in [-0.39, 0.29) is 24.6 Å². The van der Waals surface area contributed by atoms with E-state index in [9.17, 15) is 18.0 Å². The summed E-state index contributed by atoms with van der Waals surface area (Å²) in [5, 5.41) is 2.79. The predicted octanol–water partition coefficient (Wildman–Crippen LogP) is 0.797. The number of alkyl halides is 3. The van der Waals surface area contributed by atoms with Gasteiger partial charge >= 0.3 is 12.1 Å². The fourth-order valence-electron chi connectivity index (χ4n) is 1.43. The summed E-state index contributed by atoms with van der Waals surface area (Å²) in [6.45, 7) is 0.171. The molecule has 0 aromatic carbocycles.